The highest BCUT2D eigenvalue weighted by molar-refractivity contribution is 9.10. The summed E-state index contributed by atoms with van der Waals surface area (Å²) in [6, 6.07) is 18.1. The van der Waals surface area contributed by atoms with Gasteiger partial charge in [0, 0.05) is 22.6 Å². The molecule has 0 saturated heterocycles. The van der Waals surface area contributed by atoms with Crippen LogP contribution < -0.4 is 0 Å². The van der Waals surface area contributed by atoms with Crippen molar-refractivity contribution in [1.82, 2.24) is 15.1 Å². The van der Waals surface area contributed by atoms with Gasteiger partial charge < -0.3 is 9.32 Å². The van der Waals surface area contributed by atoms with E-state index < -0.39 is 0 Å². The molecular weight excluding hydrogens is 450 g/mol. The molecule has 3 aromatic rings. The van der Waals surface area contributed by atoms with Crippen LogP contribution in [-0.2, 0) is 11.3 Å². The monoisotopic (exact) mass is 471 g/mol. The zero-order valence-corrected chi connectivity index (χ0v) is 18.5. The summed E-state index contributed by atoms with van der Waals surface area (Å²) in [5.41, 5.74) is 1.99. The first-order chi connectivity index (χ1) is 14.1. The molecule has 29 heavy (non-hydrogen) atoms. The summed E-state index contributed by atoms with van der Waals surface area (Å²) < 4.78 is 6.69. The third-order valence-electron chi connectivity index (χ3n) is 5.11. The number of benzene rings is 2. The van der Waals surface area contributed by atoms with Crippen molar-refractivity contribution < 1.29 is 9.21 Å². The quantitative estimate of drug-likeness (QED) is 0.410. The van der Waals surface area contributed by atoms with Gasteiger partial charge in [-0.05, 0) is 49.4 Å². The highest BCUT2D eigenvalue weighted by Gasteiger charge is 2.34. The van der Waals surface area contributed by atoms with E-state index in [0.29, 0.717) is 23.6 Å². The van der Waals surface area contributed by atoms with Crippen molar-refractivity contribution in [3.05, 3.63) is 64.6 Å². The Morgan fingerprint density at radius 2 is 2.00 bits per heavy atom. The third-order valence-corrected chi connectivity index (χ3v) is 6.41. The Morgan fingerprint density at radius 1 is 1.21 bits per heavy atom. The maximum atomic E-state index is 13.0. The van der Waals surface area contributed by atoms with Crippen molar-refractivity contribution in [2.45, 2.75) is 37.6 Å². The molecule has 1 atom stereocenters. The Kier molecular flexibility index (Phi) is 6.35. The Labute approximate surface area is 183 Å². The summed E-state index contributed by atoms with van der Waals surface area (Å²) in [7, 11) is 0. The summed E-state index contributed by atoms with van der Waals surface area (Å²) in [6.07, 6.45) is 2.40. The Hall–Kier alpha value is -2.12. The molecule has 7 heteroatoms. The minimum Gasteiger partial charge on any atom is -0.411 e. The number of hydrogen-bond acceptors (Lipinski definition) is 5. The van der Waals surface area contributed by atoms with Crippen molar-refractivity contribution in [2.24, 2.45) is 5.92 Å². The molecule has 1 unspecified atom stereocenters. The molecule has 5 nitrogen and oxygen atoms in total. The first-order valence-corrected chi connectivity index (χ1v) is 11.4. The average Bonchev–Trinajstić information content (AvgIpc) is 3.48. The molecule has 0 aliphatic heterocycles. The van der Waals surface area contributed by atoms with Crippen molar-refractivity contribution >= 4 is 33.6 Å². The van der Waals surface area contributed by atoms with Crippen LogP contribution >= 0.6 is 27.7 Å². The van der Waals surface area contributed by atoms with E-state index in [-0.39, 0.29) is 17.7 Å². The lowest BCUT2D eigenvalue weighted by Gasteiger charge is -2.29. The average molecular weight is 472 g/mol. The highest BCUT2D eigenvalue weighted by Crippen LogP contribution is 2.36. The molecule has 0 radical (unpaired) electrons. The lowest BCUT2D eigenvalue weighted by atomic mass is 10.1. The number of rotatable bonds is 8. The summed E-state index contributed by atoms with van der Waals surface area (Å²) in [5, 5.41) is 8.61. The van der Waals surface area contributed by atoms with E-state index in [2.05, 4.69) is 45.2 Å². The third kappa shape index (κ3) is 5.28. The van der Waals surface area contributed by atoms with Crippen molar-refractivity contribution in [2.75, 3.05) is 5.75 Å². The number of nitrogens with zero attached hydrogens (tertiary/aromatic N) is 3. The first kappa shape index (κ1) is 20.2. The number of amides is 1. The van der Waals surface area contributed by atoms with Crippen LogP contribution in [0, 0.1) is 5.92 Å². The van der Waals surface area contributed by atoms with Crippen LogP contribution in [0.3, 0.4) is 0 Å². The fourth-order valence-electron chi connectivity index (χ4n) is 3.29. The highest BCUT2D eigenvalue weighted by atomic mass is 79.9. The van der Waals surface area contributed by atoms with E-state index in [1.54, 1.807) is 0 Å². The molecule has 1 aliphatic carbocycles. The van der Waals surface area contributed by atoms with Crippen LogP contribution in [0.2, 0.25) is 0 Å². The lowest BCUT2D eigenvalue weighted by Crippen LogP contribution is -2.40. The molecule has 4 rings (SSSR count). The second-order valence-electron chi connectivity index (χ2n) is 7.26. The van der Waals surface area contributed by atoms with Gasteiger partial charge in [-0.1, -0.05) is 64.1 Å². The van der Waals surface area contributed by atoms with Crippen LogP contribution in [0.5, 0.6) is 0 Å². The largest absolute Gasteiger partial charge is 0.411 e. The van der Waals surface area contributed by atoms with E-state index in [4.69, 9.17) is 4.42 Å². The molecule has 1 saturated carbocycles. The summed E-state index contributed by atoms with van der Waals surface area (Å²) in [4.78, 5) is 15.0. The van der Waals surface area contributed by atoms with Crippen LogP contribution in [0.25, 0.3) is 11.5 Å². The van der Waals surface area contributed by atoms with Crippen molar-refractivity contribution in [3.8, 4) is 11.5 Å². The minimum atomic E-state index is 0.0976. The summed E-state index contributed by atoms with van der Waals surface area (Å²) >= 11 is 4.74. The van der Waals surface area contributed by atoms with Gasteiger partial charge in [-0.15, -0.1) is 10.2 Å². The number of carbonyl (C=O) groups excluding carboxylic acids is 1. The number of aromatic nitrogens is 2. The van der Waals surface area contributed by atoms with E-state index >= 15 is 0 Å². The van der Waals surface area contributed by atoms with E-state index in [1.807, 2.05) is 47.4 Å². The predicted molar refractivity (Wildman–Crippen MR) is 117 cm³/mol. The van der Waals surface area contributed by atoms with Gasteiger partial charge in [0.1, 0.15) is 0 Å². The fourth-order valence-corrected chi connectivity index (χ4v) is 4.33. The van der Waals surface area contributed by atoms with Crippen LogP contribution in [0.4, 0.5) is 0 Å². The molecule has 1 aliphatic rings. The predicted octanol–water partition coefficient (Wildman–Crippen LogP) is 5.42. The van der Waals surface area contributed by atoms with Crippen LogP contribution in [0.1, 0.15) is 25.3 Å². The Bertz CT molecular complexity index is 975. The van der Waals surface area contributed by atoms with Gasteiger partial charge in [0.25, 0.3) is 5.22 Å². The maximum absolute atomic E-state index is 13.0. The molecule has 0 spiro atoms. The smallest absolute Gasteiger partial charge is 0.277 e. The molecule has 1 heterocycles. The Balaban J connectivity index is 1.41. The topological polar surface area (TPSA) is 59.2 Å². The second-order valence-corrected chi connectivity index (χ2v) is 9.10. The van der Waals surface area contributed by atoms with Gasteiger partial charge in [-0.2, -0.15) is 0 Å². The van der Waals surface area contributed by atoms with Crippen molar-refractivity contribution in [1.29, 1.82) is 0 Å². The zero-order valence-electron chi connectivity index (χ0n) is 16.1. The summed E-state index contributed by atoms with van der Waals surface area (Å²) in [5.74, 6) is 1.44. The van der Waals surface area contributed by atoms with Crippen LogP contribution in [0.15, 0.2) is 68.7 Å². The maximum Gasteiger partial charge on any atom is 0.277 e. The molecule has 1 amide bonds. The van der Waals surface area contributed by atoms with Crippen molar-refractivity contribution in [3.63, 3.8) is 0 Å². The lowest BCUT2D eigenvalue weighted by molar-refractivity contribution is -0.131. The number of thioether (sulfide) groups is 1. The molecule has 2 aromatic carbocycles. The summed E-state index contributed by atoms with van der Waals surface area (Å²) in [6.45, 7) is 2.78. The second kappa shape index (κ2) is 9.13. The minimum absolute atomic E-state index is 0.0976. The fraction of sp³-hybridized carbons (Fsp3) is 0.318. The van der Waals surface area contributed by atoms with Crippen LogP contribution in [-0.4, -0.2) is 32.8 Å². The molecule has 150 valence electrons. The first-order valence-electron chi connectivity index (χ1n) is 9.66. The van der Waals surface area contributed by atoms with Gasteiger partial charge >= 0.3 is 0 Å². The Morgan fingerprint density at radius 3 is 2.72 bits per heavy atom. The number of carbonyl (C=O) groups is 1. The molecule has 0 N–H and O–H groups in total. The van der Waals surface area contributed by atoms with E-state index in [0.717, 1.165) is 15.6 Å². The van der Waals surface area contributed by atoms with Gasteiger partial charge in [0.15, 0.2) is 0 Å². The normalized spacial score (nSPS) is 14.6. The van der Waals surface area contributed by atoms with E-state index in [9.17, 15) is 4.79 Å². The zero-order chi connectivity index (χ0) is 20.2. The van der Waals surface area contributed by atoms with Gasteiger partial charge in [-0.3, -0.25) is 4.79 Å². The van der Waals surface area contributed by atoms with Gasteiger partial charge in [0.2, 0.25) is 11.8 Å². The van der Waals surface area contributed by atoms with E-state index in [1.165, 1.54) is 24.6 Å². The van der Waals surface area contributed by atoms with Gasteiger partial charge in [0.05, 0.1) is 5.75 Å². The number of halogens is 1. The molecule has 0 bridgehead atoms. The van der Waals surface area contributed by atoms with Gasteiger partial charge in [-0.25, -0.2) is 0 Å². The molecular formula is C22H22BrN3O2S. The SMILES string of the molecule is CC(C1CC1)N(Cc1ccccc1)C(=O)CSc1nnc(-c2cccc(Br)c2)o1. The standard InChI is InChI=1S/C22H22BrN3O2S/c1-15(17-10-11-17)26(13-16-6-3-2-4-7-16)20(27)14-29-22-25-24-21(28-22)18-8-5-9-19(23)12-18/h2-9,12,15,17H,10-11,13-14H2,1H3. The molecule has 1 fully saturated rings. The molecule has 1 aromatic heterocycles. The number of hydrogen-bond donors (Lipinski definition) is 0.